The van der Waals surface area contributed by atoms with Crippen LogP contribution in [0.4, 0.5) is 0 Å². The third-order valence-corrected chi connectivity index (χ3v) is 3.26. The topological polar surface area (TPSA) is 101 Å². The molecule has 110 valence electrons. The third kappa shape index (κ3) is 4.37. The first-order valence-corrected chi connectivity index (χ1v) is 7.15. The van der Waals surface area contributed by atoms with Crippen LogP contribution in [0.25, 0.3) is 0 Å². The van der Waals surface area contributed by atoms with Gasteiger partial charge in [-0.15, -0.1) is 0 Å². The number of ether oxygens (including phenoxy) is 1. The van der Waals surface area contributed by atoms with Crippen molar-refractivity contribution < 1.29 is 14.3 Å². The average molecular weight is 299 g/mol. The number of aromatic amines is 1. The summed E-state index contributed by atoms with van der Waals surface area (Å²) >= 11 is 1.03. The van der Waals surface area contributed by atoms with Gasteiger partial charge < -0.3 is 15.0 Å². The monoisotopic (exact) mass is 299 g/mol. The minimum Gasteiger partial charge on any atom is -0.462 e. The van der Waals surface area contributed by atoms with E-state index in [1.54, 1.807) is 13.8 Å². The van der Waals surface area contributed by atoms with Gasteiger partial charge in [0.15, 0.2) is 0 Å². The molecule has 1 rings (SSSR count). The van der Waals surface area contributed by atoms with Crippen molar-refractivity contribution in [3.05, 3.63) is 21.7 Å². The summed E-state index contributed by atoms with van der Waals surface area (Å²) in [5.74, 6) is -0.671. The van der Waals surface area contributed by atoms with E-state index in [9.17, 15) is 14.4 Å². The third-order valence-electron chi connectivity index (χ3n) is 2.28. The van der Waals surface area contributed by atoms with E-state index in [1.807, 2.05) is 6.92 Å². The Kier molecular flexibility index (Phi) is 6.23. The van der Waals surface area contributed by atoms with Gasteiger partial charge in [0, 0.05) is 12.2 Å². The van der Waals surface area contributed by atoms with E-state index in [0.29, 0.717) is 12.2 Å². The number of nitrogens with zero attached hydrogens (tertiary/aromatic N) is 1. The van der Waals surface area contributed by atoms with Crippen LogP contribution in [-0.4, -0.2) is 40.7 Å². The molecule has 0 saturated carbocycles. The number of esters is 1. The number of aryl methyl sites for hydroxylation is 1. The Hall–Kier alpha value is -1.83. The number of aromatic nitrogens is 2. The number of H-pyrrole nitrogens is 1. The average Bonchev–Trinajstić information content (AvgIpc) is 2.36. The van der Waals surface area contributed by atoms with E-state index in [1.165, 1.54) is 0 Å². The predicted molar refractivity (Wildman–Crippen MR) is 75.0 cm³/mol. The van der Waals surface area contributed by atoms with Gasteiger partial charge in [0.05, 0.1) is 12.4 Å². The lowest BCUT2D eigenvalue weighted by Gasteiger charge is -2.09. The summed E-state index contributed by atoms with van der Waals surface area (Å²) in [4.78, 5) is 40.9. The molecule has 20 heavy (non-hydrogen) atoms. The first-order valence-electron chi connectivity index (χ1n) is 6.17. The highest BCUT2D eigenvalue weighted by molar-refractivity contribution is 8.00. The van der Waals surface area contributed by atoms with Crippen molar-refractivity contribution in [1.29, 1.82) is 0 Å². The summed E-state index contributed by atoms with van der Waals surface area (Å²) in [6.07, 6.45) is 0. The van der Waals surface area contributed by atoms with Gasteiger partial charge in [-0.25, -0.2) is 9.59 Å². The van der Waals surface area contributed by atoms with Crippen molar-refractivity contribution in [3.63, 3.8) is 0 Å². The molecule has 2 N–H and O–H groups in total. The molecule has 0 aromatic carbocycles. The fourth-order valence-electron chi connectivity index (χ4n) is 1.49. The Morgan fingerprint density at radius 3 is 2.70 bits per heavy atom. The van der Waals surface area contributed by atoms with Gasteiger partial charge in [-0.3, -0.25) is 4.79 Å². The second-order valence-electron chi connectivity index (χ2n) is 3.81. The highest BCUT2D eigenvalue weighted by Gasteiger charge is 2.19. The number of rotatable bonds is 6. The molecule has 0 spiro atoms. The zero-order valence-electron chi connectivity index (χ0n) is 11.6. The van der Waals surface area contributed by atoms with E-state index in [0.717, 1.165) is 11.8 Å². The van der Waals surface area contributed by atoms with Gasteiger partial charge in [-0.1, -0.05) is 11.8 Å². The molecule has 7 nitrogen and oxygen atoms in total. The number of hydrogen-bond acceptors (Lipinski definition) is 6. The van der Waals surface area contributed by atoms with Gasteiger partial charge in [-0.05, 0) is 20.8 Å². The maximum absolute atomic E-state index is 11.9. The summed E-state index contributed by atoms with van der Waals surface area (Å²) in [5, 5.41) is 2.83. The second-order valence-corrected chi connectivity index (χ2v) is 4.77. The van der Waals surface area contributed by atoms with Gasteiger partial charge >= 0.3 is 11.7 Å². The fraction of sp³-hybridized carbons (Fsp3) is 0.500. The highest BCUT2D eigenvalue weighted by Crippen LogP contribution is 2.21. The SMILES string of the molecule is CCNC(=O)CSc1nc(=O)[nH]c(C)c1C(=O)OCC. The number of carbonyl (C=O) groups excluding carboxylic acids is 2. The maximum atomic E-state index is 11.9. The summed E-state index contributed by atoms with van der Waals surface area (Å²) < 4.78 is 4.93. The Morgan fingerprint density at radius 2 is 2.10 bits per heavy atom. The molecule has 0 bridgehead atoms. The molecule has 1 aromatic heterocycles. The van der Waals surface area contributed by atoms with Crippen LogP contribution in [0, 0.1) is 6.92 Å². The van der Waals surface area contributed by atoms with Gasteiger partial charge in [0.25, 0.3) is 0 Å². The molecule has 1 heterocycles. The molecule has 0 aliphatic rings. The van der Waals surface area contributed by atoms with Crippen molar-refractivity contribution >= 4 is 23.6 Å². The molecule has 0 fully saturated rings. The van der Waals surface area contributed by atoms with Crippen molar-refractivity contribution in [1.82, 2.24) is 15.3 Å². The second kappa shape index (κ2) is 7.68. The predicted octanol–water partition coefficient (Wildman–Crippen LogP) is 0.483. The van der Waals surface area contributed by atoms with Crippen LogP contribution < -0.4 is 11.0 Å². The maximum Gasteiger partial charge on any atom is 0.346 e. The molecule has 8 heteroatoms. The molecule has 0 aliphatic carbocycles. The van der Waals surface area contributed by atoms with Crippen molar-refractivity contribution in [2.45, 2.75) is 25.8 Å². The van der Waals surface area contributed by atoms with Crippen molar-refractivity contribution in [2.24, 2.45) is 0 Å². The molecule has 1 amide bonds. The van der Waals surface area contributed by atoms with E-state index in [4.69, 9.17) is 4.74 Å². The number of thioether (sulfide) groups is 1. The molecule has 0 radical (unpaired) electrons. The molecular formula is C12H17N3O4S. The van der Waals surface area contributed by atoms with E-state index < -0.39 is 11.7 Å². The normalized spacial score (nSPS) is 10.2. The smallest absolute Gasteiger partial charge is 0.346 e. The fourth-order valence-corrected chi connectivity index (χ4v) is 2.39. The van der Waals surface area contributed by atoms with Crippen LogP contribution in [0.15, 0.2) is 9.82 Å². The van der Waals surface area contributed by atoms with Crippen LogP contribution in [0.2, 0.25) is 0 Å². The van der Waals surface area contributed by atoms with Gasteiger partial charge in [-0.2, -0.15) is 4.98 Å². The number of hydrogen-bond donors (Lipinski definition) is 2. The standard InChI is InChI=1S/C12H17N3O4S/c1-4-13-8(16)6-20-10-9(11(17)19-5-2)7(3)14-12(18)15-10/h4-6H2,1-3H3,(H,13,16)(H,14,15,18). The molecule has 0 unspecified atom stereocenters. The Balaban J connectivity index is 3.01. The van der Waals surface area contributed by atoms with Crippen LogP contribution in [0.1, 0.15) is 29.9 Å². The van der Waals surface area contributed by atoms with E-state index in [2.05, 4.69) is 15.3 Å². The largest absolute Gasteiger partial charge is 0.462 e. The van der Waals surface area contributed by atoms with Crippen LogP contribution in [0.3, 0.4) is 0 Å². The molecule has 0 atom stereocenters. The Bertz CT molecular complexity index is 556. The van der Waals surface area contributed by atoms with Crippen LogP contribution in [0.5, 0.6) is 0 Å². The summed E-state index contributed by atoms with van der Waals surface area (Å²) in [5.41, 5.74) is 0.0107. The van der Waals surface area contributed by atoms with E-state index in [-0.39, 0.29) is 28.9 Å². The van der Waals surface area contributed by atoms with Gasteiger partial charge in [0.2, 0.25) is 5.91 Å². The lowest BCUT2D eigenvalue weighted by Crippen LogP contribution is -2.25. The minimum absolute atomic E-state index is 0.0795. The molecular weight excluding hydrogens is 282 g/mol. The summed E-state index contributed by atoms with van der Waals surface area (Å²) in [6, 6.07) is 0. The summed E-state index contributed by atoms with van der Waals surface area (Å²) in [6.45, 7) is 5.82. The lowest BCUT2D eigenvalue weighted by atomic mass is 10.2. The minimum atomic E-state index is -0.563. The van der Waals surface area contributed by atoms with E-state index >= 15 is 0 Å². The highest BCUT2D eigenvalue weighted by atomic mass is 32.2. The molecule has 0 saturated heterocycles. The summed E-state index contributed by atoms with van der Waals surface area (Å²) in [7, 11) is 0. The Labute approximate surface area is 120 Å². The van der Waals surface area contributed by atoms with Crippen molar-refractivity contribution in [2.75, 3.05) is 18.9 Å². The number of nitrogens with one attached hydrogen (secondary N) is 2. The van der Waals surface area contributed by atoms with Gasteiger partial charge in [0.1, 0.15) is 10.6 Å². The number of amides is 1. The molecule has 0 aliphatic heterocycles. The Morgan fingerprint density at radius 1 is 1.40 bits per heavy atom. The first kappa shape index (κ1) is 16.2. The quantitative estimate of drug-likeness (QED) is 0.450. The number of carbonyl (C=O) groups is 2. The lowest BCUT2D eigenvalue weighted by molar-refractivity contribution is -0.118. The zero-order valence-corrected chi connectivity index (χ0v) is 12.4. The zero-order chi connectivity index (χ0) is 15.1. The van der Waals surface area contributed by atoms with Crippen LogP contribution >= 0.6 is 11.8 Å². The van der Waals surface area contributed by atoms with Crippen LogP contribution in [-0.2, 0) is 9.53 Å². The first-order chi connectivity index (χ1) is 9.49. The molecule has 1 aromatic rings. The van der Waals surface area contributed by atoms with Crippen molar-refractivity contribution in [3.8, 4) is 0 Å².